The lowest BCUT2D eigenvalue weighted by Crippen LogP contribution is -2.44. The maximum Gasteiger partial charge on any atom is 0.211 e. The highest BCUT2D eigenvalue weighted by atomic mass is 32.2. The van der Waals surface area contributed by atoms with Crippen LogP contribution in [-0.2, 0) is 10.0 Å². The van der Waals surface area contributed by atoms with Crippen LogP contribution in [0.1, 0.15) is 32.6 Å². The van der Waals surface area contributed by atoms with Crippen LogP contribution in [0.5, 0.6) is 0 Å². The van der Waals surface area contributed by atoms with Crippen molar-refractivity contribution in [2.24, 2.45) is 5.92 Å². The minimum Gasteiger partial charge on any atom is -0.315 e. The average Bonchev–Trinajstić information content (AvgIpc) is 2.76. The smallest absolute Gasteiger partial charge is 0.211 e. The SMILES string of the molecule is CC1(CNCC2CCCN(S(C)(=O)=O)C2)CCCS1. The number of piperidine rings is 1. The second-order valence-corrected chi connectivity index (χ2v) is 9.83. The first-order valence-corrected chi connectivity index (χ1v) is 10.0. The minimum absolute atomic E-state index is 0.394. The predicted octanol–water partition coefficient (Wildman–Crippen LogP) is 1.53. The van der Waals surface area contributed by atoms with Gasteiger partial charge in [0.2, 0.25) is 10.0 Å². The molecule has 0 radical (unpaired) electrons. The Hall–Kier alpha value is 0.220. The van der Waals surface area contributed by atoms with Crippen LogP contribution in [0.4, 0.5) is 0 Å². The van der Waals surface area contributed by atoms with Gasteiger partial charge in [-0.05, 0) is 50.8 Å². The molecule has 112 valence electrons. The summed E-state index contributed by atoms with van der Waals surface area (Å²) >= 11 is 2.07. The third-order valence-corrected chi connectivity index (χ3v) is 6.99. The fraction of sp³-hybridized carbons (Fsp3) is 1.00. The highest BCUT2D eigenvalue weighted by Gasteiger charge is 2.30. The molecule has 2 saturated heterocycles. The Bertz CT molecular complexity index is 391. The van der Waals surface area contributed by atoms with Gasteiger partial charge in [0.15, 0.2) is 0 Å². The van der Waals surface area contributed by atoms with Gasteiger partial charge in [0, 0.05) is 24.4 Å². The molecule has 2 rings (SSSR count). The molecule has 2 aliphatic heterocycles. The molecule has 0 aromatic carbocycles. The summed E-state index contributed by atoms with van der Waals surface area (Å²) in [6, 6.07) is 0. The number of nitrogens with zero attached hydrogens (tertiary/aromatic N) is 1. The largest absolute Gasteiger partial charge is 0.315 e. The second-order valence-electron chi connectivity index (χ2n) is 6.16. The Labute approximate surface area is 121 Å². The lowest BCUT2D eigenvalue weighted by Gasteiger charge is -2.32. The van der Waals surface area contributed by atoms with Crippen LogP contribution in [0, 0.1) is 5.92 Å². The molecule has 4 nitrogen and oxygen atoms in total. The number of hydrogen-bond acceptors (Lipinski definition) is 4. The summed E-state index contributed by atoms with van der Waals surface area (Å²) in [5.74, 6) is 1.75. The molecule has 0 bridgehead atoms. The summed E-state index contributed by atoms with van der Waals surface area (Å²) in [5.41, 5.74) is 0. The molecule has 0 saturated carbocycles. The van der Waals surface area contributed by atoms with Gasteiger partial charge in [-0.3, -0.25) is 0 Å². The first kappa shape index (κ1) is 15.6. The van der Waals surface area contributed by atoms with Crippen molar-refractivity contribution in [3.63, 3.8) is 0 Å². The summed E-state index contributed by atoms with van der Waals surface area (Å²) in [6.45, 7) is 5.72. The van der Waals surface area contributed by atoms with Crippen molar-refractivity contribution < 1.29 is 8.42 Å². The topological polar surface area (TPSA) is 49.4 Å². The molecular formula is C13H26N2O2S2. The van der Waals surface area contributed by atoms with Crippen LogP contribution in [0.25, 0.3) is 0 Å². The standard InChI is InChI=1S/C13H26N2O2S2/c1-13(6-4-8-18-13)11-14-9-12-5-3-7-15(10-12)19(2,16)17/h12,14H,3-11H2,1-2H3. The van der Waals surface area contributed by atoms with E-state index >= 15 is 0 Å². The van der Waals surface area contributed by atoms with Gasteiger partial charge in [-0.25, -0.2) is 12.7 Å². The molecule has 2 fully saturated rings. The van der Waals surface area contributed by atoms with Crippen molar-refractivity contribution in [2.75, 3.05) is 38.2 Å². The molecule has 2 heterocycles. The molecule has 0 spiro atoms. The van der Waals surface area contributed by atoms with E-state index in [0.29, 0.717) is 23.8 Å². The van der Waals surface area contributed by atoms with E-state index in [4.69, 9.17) is 0 Å². The van der Waals surface area contributed by atoms with E-state index in [2.05, 4.69) is 24.0 Å². The highest BCUT2D eigenvalue weighted by Crippen LogP contribution is 2.37. The van der Waals surface area contributed by atoms with E-state index in [1.807, 2.05) is 0 Å². The molecule has 0 aromatic rings. The van der Waals surface area contributed by atoms with Gasteiger partial charge >= 0.3 is 0 Å². The molecule has 0 aliphatic carbocycles. The van der Waals surface area contributed by atoms with E-state index in [-0.39, 0.29) is 0 Å². The van der Waals surface area contributed by atoms with Crippen molar-refractivity contribution in [3.05, 3.63) is 0 Å². The Morgan fingerprint density at radius 2 is 2.21 bits per heavy atom. The molecule has 1 N–H and O–H groups in total. The Balaban J connectivity index is 1.74. The summed E-state index contributed by atoms with van der Waals surface area (Å²) in [4.78, 5) is 0. The van der Waals surface area contributed by atoms with E-state index in [9.17, 15) is 8.42 Å². The molecule has 6 heteroatoms. The fourth-order valence-corrected chi connectivity index (χ4v) is 5.23. The molecule has 2 aliphatic rings. The Kier molecular flexibility index (Phi) is 5.20. The summed E-state index contributed by atoms with van der Waals surface area (Å²) < 4.78 is 25.2. The minimum atomic E-state index is -3.01. The van der Waals surface area contributed by atoms with Crippen LogP contribution in [0.3, 0.4) is 0 Å². The molecule has 2 unspecified atom stereocenters. The first-order chi connectivity index (χ1) is 8.89. The van der Waals surface area contributed by atoms with E-state index < -0.39 is 10.0 Å². The van der Waals surface area contributed by atoms with Crippen LogP contribution >= 0.6 is 11.8 Å². The molecule has 0 amide bonds. The van der Waals surface area contributed by atoms with Gasteiger partial charge in [-0.2, -0.15) is 11.8 Å². The second kappa shape index (κ2) is 6.33. The quantitative estimate of drug-likeness (QED) is 0.837. The average molecular weight is 306 g/mol. The maximum absolute atomic E-state index is 11.6. The number of hydrogen-bond donors (Lipinski definition) is 1. The van der Waals surface area contributed by atoms with Crippen LogP contribution in [-0.4, -0.2) is 55.7 Å². The van der Waals surface area contributed by atoms with Crippen LogP contribution in [0.15, 0.2) is 0 Å². The normalized spacial score (nSPS) is 33.7. The lowest BCUT2D eigenvalue weighted by atomic mass is 9.99. The Morgan fingerprint density at radius 3 is 2.84 bits per heavy atom. The van der Waals surface area contributed by atoms with Crippen molar-refractivity contribution >= 4 is 21.8 Å². The monoisotopic (exact) mass is 306 g/mol. The molecular weight excluding hydrogens is 280 g/mol. The summed E-state index contributed by atoms with van der Waals surface area (Å²) in [5, 5.41) is 3.57. The van der Waals surface area contributed by atoms with Crippen molar-refractivity contribution in [1.82, 2.24) is 9.62 Å². The summed E-state index contributed by atoms with van der Waals surface area (Å²) in [6.07, 6.45) is 6.08. The van der Waals surface area contributed by atoms with Crippen molar-refractivity contribution in [3.8, 4) is 0 Å². The third kappa shape index (κ3) is 4.62. The zero-order valence-electron chi connectivity index (χ0n) is 12.0. The van der Waals surface area contributed by atoms with Gasteiger partial charge in [0.05, 0.1) is 6.26 Å². The van der Waals surface area contributed by atoms with Gasteiger partial charge < -0.3 is 5.32 Å². The number of nitrogens with one attached hydrogen (secondary N) is 1. The number of thioether (sulfide) groups is 1. The zero-order valence-corrected chi connectivity index (χ0v) is 13.7. The van der Waals surface area contributed by atoms with E-state index in [1.165, 1.54) is 24.9 Å². The lowest BCUT2D eigenvalue weighted by molar-refractivity contribution is 0.260. The number of sulfonamides is 1. The van der Waals surface area contributed by atoms with E-state index in [1.54, 1.807) is 4.31 Å². The highest BCUT2D eigenvalue weighted by molar-refractivity contribution is 8.00. The zero-order chi connectivity index (χ0) is 13.9. The maximum atomic E-state index is 11.6. The molecule has 2 atom stereocenters. The summed E-state index contributed by atoms with van der Waals surface area (Å²) in [7, 11) is -3.01. The van der Waals surface area contributed by atoms with Crippen molar-refractivity contribution in [2.45, 2.75) is 37.4 Å². The van der Waals surface area contributed by atoms with E-state index in [0.717, 1.165) is 25.9 Å². The molecule has 19 heavy (non-hydrogen) atoms. The van der Waals surface area contributed by atoms with Gasteiger partial charge in [-0.1, -0.05) is 0 Å². The van der Waals surface area contributed by atoms with Gasteiger partial charge in [-0.15, -0.1) is 0 Å². The Morgan fingerprint density at radius 1 is 1.42 bits per heavy atom. The molecule has 0 aromatic heterocycles. The van der Waals surface area contributed by atoms with Gasteiger partial charge in [0.1, 0.15) is 0 Å². The van der Waals surface area contributed by atoms with Crippen LogP contribution < -0.4 is 5.32 Å². The third-order valence-electron chi connectivity index (χ3n) is 4.18. The van der Waals surface area contributed by atoms with Crippen molar-refractivity contribution in [1.29, 1.82) is 0 Å². The fourth-order valence-electron chi connectivity index (χ4n) is 3.01. The first-order valence-electron chi connectivity index (χ1n) is 7.19. The predicted molar refractivity (Wildman–Crippen MR) is 82.1 cm³/mol. The number of rotatable bonds is 5. The van der Waals surface area contributed by atoms with Crippen LogP contribution in [0.2, 0.25) is 0 Å². The van der Waals surface area contributed by atoms with Gasteiger partial charge in [0.25, 0.3) is 0 Å².